The van der Waals surface area contributed by atoms with E-state index in [4.69, 9.17) is 11.6 Å². The van der Waals surface area contributed by atoms with E-state index in [0.29, 0.717) is 0 Å². The highest BCUT2D eigenvalue weighted by Crippen LogP contribution is 2.13. The van der Waals surface area contributed by atoms with Crippen LogP contribution in [-0.4, -0.2) is 42.5 Å². The van der Waals surface area contributed by atoms with Crippen LogP contribution in [0.5, 0.6) is 5.75 Å². The number of quaternary nitrogens is 1. The standard InChI is InChI=1S/C18H20ClN3O/c19-17-7-5-15(6-8-17)14-21-9-11-22(12-10-21)20-13-16-3-1-2-4-18(16)23/h1-8,13,23H,9-12,14H2/p+1/b20-13+. The minimum Gasteiger partial charge on any atom is -0.507 e. The van der Waals surface area contributed by atoms with Crippen molar-refractivity contribution in [2.75, 3.05) is 26.2 Å². The maximum Gasteiger partial charge on any atom is 0.124 e. The fourth-order valence-electron chi connectivity index (χ4n) is 2.73. The lowest BCUT2D eigenvalue weighted by Crippen LogP contribution is -3.13. The van der Waals surface area contributed by atoms with E-state index in [1.807, 2.05) is 30.3 Å². The van der Waals surface area contributed by atoms with Gasteiger partial charge in [-0.3, -0.25) is 5.01 Å². The van der Waals surface area contributed by atoms with Crippen molar-refractivity contribution in [2.24, 2.45) is 5.10 Å². The van der Waals surface area contributed by atoms with Crippen molar-refractivity contribution in [2.45, 2.75) is 6.54 Å². The number of benzene rings is 2. The van der Waals surface area contributed by atoms with Crippen molar-refractivity contribution in [3.63, 3.8) is 0 Å². The summed E-state index contributed by atoms with van der Waals surface area (Å²) in [4.78, 5) is 1.56. The lowest BCUT2D eigenvalue weighted by Gasteiger charge is -2.30. The first-order chi connectivity index (χ1) is 11.2. The van der Waals surface area contributed by atoms with Gasteiger partial charge < -0.3 is 10.0 Å². The van der Waals surface area contributed by atoms with Gasteiger partial charge in [0, 0.05) is 16.1 Å². The molecule has 0 aliphatic carbocycles. The highest BCUT2D eigenvalue weighted by Gasteiger charge is 2.18. The normalized spacial score (nSPS) is 16.1. The molecule has 0 unspecified atom stereocenters. The number of phenols is 1. The van der Waals surface area contributed by atoms with Crippen molar-refractivity contribution >= 4 is 17.8 Å². The van der Waals surface area contributed by atoms with E-state index in [-0.39, 0.29) is 5.75 Å². The molecule has 4 nitrogen and oxygen atoms in total. The summed E-state index contributed by atoms with van der Waals surface area (Å²) < 4.78 is 0. The quantitative estimate of drug-likeness (QED) is 0.839. The molecule has 1 aliphatic rings. The Labute approximate surface area is 141 Å². The number of hydrogen-bond acceptors (Lipinski definition) is 3. The predicted octanol–water partition coefficient (Wildman–Crippen LogP) is 1.78. The number of rotatable bonds is 4. The van der Waals surface area contributed by atoms with E-state index < -0.39 is 0 Å². The number of hydrazone groups is 1. The summed E-state index contributed by atoms with van der Waals surface area (Å²) in [6.07, 6.45) is 1.74. The molecule has 5 heteroatoms. The highest BCUT2D eigenvalue weighted by molar-refractivity contribution is 6.30. The molecule has 23 heavy (non-hydrogen) atoms. The van der Waals surface area contributed by atoms with Crippen LogP contribution in [-0.2, 0) is 6.54 Å². The Morgan fingerprint density at radius 1 is 1.09 bits per heavy atom. The second-order valence-electron chi connectivity index (χ2n) is 5.81. The summed E-state index contributed by atoms with van der Waals surface area (Å²) in [5, 5.41) is 17.1. The van der Waals surface area contributed by atoms with Crippen LogP contribution in [0.4, 0.5) is 0 Å². The number of halogens is 1. The second-order valence-corrected chi connectivity index (χ2v) is 6.25. The Bertz CT molecular complexity index is 664. The van der Waals surface area contributed by atoms with Crippen molar-refractivity contribution in [1.82, 2.24) is 5.01 Å². The number of piperazine rings is 1. The van der Waals surface area contributed by atoms with E-state index in [1.165, 1.54) is 5.56 Å². The van der Waals surface area contributed by atoms with Gasteiger partial charge >= 0.3 is 0 Å². The van der Waals surface area contributed by atoms with Gasteiger partial charge in [0.05, 0.1) is 32.4 Å². The number of para-hydroxylation sites is 1. The third-order valence-electron chi connectivity index (χ3n) is 4.11. The summed E-state index contributed by atoms with van der Waals surface area (Å²) in [5.41, 5.74) is 2.07. The zero-order valence-electron chi connectivity index (χ0n) is 13.0. The highest BCUT2D eigenvalue weighted by atomic mass is 35.5. The fraction of sp³-hybridized carbons (Fsp3) is 0.278. The van der Waals surface area contributed by atoms with E-state index in [2.05, 4.69) is 22.2 Å². The molecular formula is C18H21ClN3O+. The van der Waals surface area contributed by atoms with Crippen LogP contribution >= 0.6 is 11.6 Å². The molecular weight excluding hydrogens is 310 g/mol. The molecule has 0 saturated carbocycles. The molecule has 1 saturated heterocycles. The average molecular weight is 331 g/mol. The SMILES string of the molecule is Oc1ccccc1/C=N/N1CC[NH+](Cc2ccc(Cl)cc2)CC1. The zero-order valence-corrected chi connectivity index (χ0v) is 13.7. The van der Waals surface area contributed by atoms with Gasteiger partial charge in [0.1, 0.15) is 12.3 Å². The number of hydrogen-bond donors (Lipinski definition) is 2. The third-order valence-corrected chi connectivity index (χ3v) is 4.36. The van der Waals surface area contributed by atoms with Crippen LogP contribution in [0.1, 0.15) is 11.1 Å². The van der Waals surface area contributed by atoms with E-state index >= 15 is 0 Å². The number of phenolic OH excluding ortho intramolecular Hbond substituents is 1. The van der Waals surface area contributed by atoms with Crippen LogP contribution in [0, 0.1) is 0 Å². The summed E-state index contributed by atoms with van der Waals surface area (Å²) in [6, 6.07) is 15.3. The first kappa shape index (κ1) is 15.8. The number of nitrogens with one attached hydrogen (secondary N) is 1. The first-order valence-corrected chi connectivity index (χ1v) is 8.23. The Hall–Kier alpha value is -2.04. The topological polar surface area (TPSA) is 40.3 Å². The average Bonchev–Trinajstić information content (AvgIpc) is 2.58. The molecule has 0 aromatic heterocycles. The number of nitrogens with zero attached hydrogens (tertiary/aromatic N) is 2. The Balaban J connectivity index is 1.50. The fourth-order valence-corrected chi connectivity index (χ4v) is 2.86. The van der Waals surface area contributed by atoms with Gasteiger partial charge in [0.25, 0.3) is 0 Å². The molecule has 0 spiro atoms. The van der Waals surface area contributed by atoms with Crippen LogP contribution < -0.4 is 4.90 Å². The van der Waals surface area contributed by atoms with Gasteiger partial charge in [0.15, 0.2) is 0 Å². The Kier molecular flexibility index (Phi) is 5.16. The first-order valence-electron chi connectivity index (χ1n) is 7.85. The third kappa shape index (κ3) is 4.47. The lowest BCUT2D eigenvalue weighted by atomic mass is 10.2. The molecule has 2 N–H and O–H groups in total. The zero-order chi connectivity index (χ0) is 16.1. The Morgan fingerprint density at radius 2 is 1.78 bits per heavy atom. The summed E-state index contributed by atoms with van der Waals surface area (Å²) in [6.45, 7) is 4.98. The largest absolute Gasteiger partial charge is 0.507 e. The smallest absolute Gasteiger partial charge is 0.124 e. The van der Waals surface area contributed by atoms with Crippen LogP contribution in [0.25, 0.3) is 0 Å². The van der Waals surface area contributed by atoms with E-state index in [9.17, 15) is 5.11 Å². The van der Waals surface area contributed by atoms with Crippen LogP contribution in [0.2, 0.25) is 5.02 Å². The molecule has 0 radical (unpaired) electrons. The summed E-state index contributed by atoms with van der Waals surface area (Å²) in [7, 11) is 0. The summed E-state index contributed by atoms with van der Waals surface area (Å²) in [5.74, 6) is 0.267. The molecule has 0 bridgehead atoms. The van der Waals surface area contributed by atoms with E-state index in [1.54, 1.807) is 17.2 Å². The second kappa shape index (κ2) is 7.49. The molecule has 0 amide bonds. The minimum atomic E-state index is 0.267. The van der Waals surface area contributed by atoms with Gasteiger partial charge in [-0.2, -0.15) is 5.10 Å². The maximum atomic E-state index is 9.74. The van der Waals surface area contributed by atoms with Gasteiger partial charge in [-0.05, 0) is 24.3 Å². The molecule has 120 valence electrons. The molecule has 1 heterocycles. The maximum absolute atomic E-state index is 9.74. The van der Waals surface area contributed by atoms with Crippen LogP contribution in [0.15, 0.2) is 53.6 Å². The number of aromatic hydroxyl groups is 1. The van der Waals surface area contributed by atoms with Gasteiger partial charge in [-0.25, -0.2) is 0 Å². The molecule has 2 aromatic rings. The summed E-state index contributed by atoms with van der Waals surface area (Å²) >= 11 is 5.92. The van der Waals surface area contributed by atoms with Gasteiger partial charge in [0.2, 0.25) is 0 Å². The van der Waals surface area contributed by atoms with Gasteiger partial charge in [-0.15, -0.1) is 0 Å². The predicted molar refractivity (Wildman–Crippen MR) is 93.1 cm³/mol. The van der Waals surface area contributed by atoms with Crippen molar-refractivity contribution in [1.29, 1.82) is 0 Å². The van der Waals surface area contributed by atoms with Crippen molar-refractivity contribution < 1.29 is 10.0 Å². The van der Waals surface area contributed by atoms with E-state index in [0.717, 1.165) is 43.3 Å². The van der Waals surface area contributed by atoms with Crippen molar-refractivity contribution in [3.8, 4) is 5.75 Å². The minimum absolute atomic E-state index is 0.267. The molecule has 1 aliphatic heterocycles. The molecule has 2 aromatic carbocycles. The Morgan fingerprint density at radius 3 is 2.48 bits per heavy atom. The molecule has 1 fully saturated rings. The van der Waals surface area contributed by atoms with Gasteiger partial charge in [-0.1, -0.05) is 35.9 Å². The van der Waals surface area contributed by atoms with Crippen LogP contribution in [0.3, 0.4) is 0 Å². The molecule has 0 atom stereocenters. The van der Waals surface area contributed by atoms with Crippen molar-refractivity contribution in [3.05, 3.63) is 64.7 Å². The lowest BCUT2D eigenvalue weighted by molar-refractivity contribution is -0.918. The molecule has 3 rings (SSSR count). The monoisotopic (exact) mass is 330 g/mol.